The zero-order valence-corrected chi connectivity index (χ0v) is 11.0. The van der Waals surface area contributed by atoms with Crippen molar-refractivity contribution in [3.05, 3.63) is 28.2 Å². The Labute approximate surface area is 114 Å². The topological polar surface area (TPSA) is 58.6 Å². The molecular formula is C11H10Cl2N2O3. The minimum atomic E-state index is -0.660. The van der Waals surface area contributed by atoms with Gasteiger partial charge in [-0.05, 0) is 12.1 Å². The molecule has 1 aromatic rings. The monoisotopic (exact) mass is 288 g/mol. The number of carbonyl (C=O) groups is 2. The van der Waals surface area contributed by atoms with Crippen molar-refractivity contribution in [1.29, 1.82) is 0 Å². The van der Waals surface area contributed by atoms with Crippen molar-refractivity contribution >= 4 is 40.9 Å². The Kier molecular flexibility index (Phi) is 3.63. The molecule has 2 amide bonds. The molecule has 1 saturated heterocycles. The Hall–Kier alpha value is -1.46. The lowest BCUT2D eigenvalue weighted by molar-refractivity contribution is -0.119. The van der Waals surface area contributed by atoms with E-state index in [0.29, 0.717) is 10.7 Å². The van der Waals surface area contributed by atoms with Crippen molar-refractivity contribution in [2.75, 3.05) is 19.0 Å². The predicted molar refractivity (Wildman–Crippen MR) is 68.0 cm³/mol. The first-order chi connectivity index (χ1) is 8.50. The van der Waals surface area contributed by atoms with Crippen LogP contribution in [0.5, 0.6) is 0 Å². The Morgan fingerprint density at radius 1 is 1.50 bits per heavy atom. The first kappa shape index (κ1) is 13.0. The van der Waals surface area contributed by atoms with Crippen molar-refractivity contribution in [2.24, 2.45) is 0 Å². The summed E-state index contributed by atoms with van der Waals surface area (Å²) in [6.45, 7) is 0.0271. The molecule has 1 N–H and O–H groups in total. The van der Waals surface area contributed by atoms with E-state index >= 15 is 0 Å². The van der Waals surface area contributed by atoms with Crippen LogP contribution >= 0.6 is 23.2 Å². The molecule has 2 rings (SSSR count). The Morgan fingerprint density at radius 2 is 2.22 bits per heavy atom. The van der Waals surface area contributed by atoms with E-state index in [2.05, 4.69) is 5.32 Å². The molecular weight excluding hydrogens is 279 g/mol. The quantitative estimate of drug-likeness (QED) is 0.909. The minimum Gasteiger partial charge on any atom is -0.447 e. The average Bonchev–Trinajstić information content (AvgIpc) is 2.66. The normalized spacial score (nSPS) is 18.7. The first-order valence-electron chi connectivity index (χ1n) is 5.15. The zero-order chi connectivity index (χ0) is 13.3. The number of ether oxygens (including phenoxy) is 1. The number of hydrogen-bond donors (Lipinski definition) is 1. The summed E-state index contributed by atoms with van der Waals surface area (Å²) in [5, 5.41) is 3.23. The van der Waals surface area contributed by atoms with Gasteiger partial charge in [-0.1, -0.05) is 29.3 Å². The highest BCUT2D eigenvalue weighted by Gasteiger charge is 2.35. The number of cyclic esters (lactones) is 1. The lowest BCUT2D eigenvalue weighted by Crippen LogP contribution is -2.40. The maximum atomic E-state index is 11.9. The largest absolute Gasteiger partial charge is 0.447 e. The van der Waals surface area contributed by atoms with Crippen molar-refractivity contribution in [1.82, 2.24) is 4.90 Å². The molecule has 5 nitrogen and oxygen atoms in total. The summed E-state index contributed by atoms with van der Waals surface area (Å²) in [5.74, 6) is -0.368. The van der Waals surface area contributed by atoms with E-state index in [1.807, 2.05) is 0 Å². The first-order valence-corrected chi connectivity index (χ1v) is 5.90. The summed E-state index contributed by atoms with van der Waals surface area (Å²) in [4.78, 5) is 24.3. The Bertz CT molecular complexity index is 507. The standard InChI is InChI=1S/C11H10Cl2N2O3/c1-15-8(5-18-11(15)17)10(16)14-7-4-2-3-6(12)9(7)13/h2-4,8H,5H2,1H3,(H,14,16). The highest BCUT2D eigenvalue weighted by atomic mass is 35.5. The second-order valence-electron chi connectivity index (χ2n) is 3.79. The highest BCUT2D eigenvalue weighted by Crippen LogP contribution is 2.29. The lowest BCUT2D eigenvalue weighted by Gasteiger charge is -2.16. The molecule has 0 spiro atoms. The molecule has 0 aliphatic carbocycles. The third-order valence-corrected chi connectivity index (χ3v) is 3.45. The van der Waals surface area contributed by atoms with Crippen LogP contribution in [0.2, 0.25) is 10.0 Å². The van der Waals surface area contributed by atoms with Gasteiger partial charge < -0.3 is 10.1 Å². The maximum absolute atomic E-state index is 11.9. The molecule has 0 radical (unpaired) electrons. The number of nitrogens with one attached hydrogen (secondary N) is 1. The smallest absolute Gasteiger partial charge is 0.410 e. The van der Waals surface area contributed by atoms with Gasteiger partial charge in [-0.25, -0.2) is 4.79 Å². The zero-order valence-electron chi connectivity index (χ0n) is 9.44. The predicted octanol–water partition coefficient (Wildman–Crippen LogP) is 2.38. The SMILES string of the molecule is CN1C(=O)OCC1C(=O)Nc1cccc(Cl)c1Cl. The summed E-state index contributed by atoms with van der Waals surface area (Å²) in [7, 11) is 1.50. The van der Waals surface area contributed by atoms with E-state index in [9.17, 15) is 9.59 Å². The van der Waals surface area contributed by atoms with Crippen LogP contribution in [0.1, 0.15) is 0 Å². The summed E-state index contributed by atoms with van der Waals surface area (Å²) in [5.41, 5.74) is 0.405. The molecule has 0 aromatic heterocycles. The van der Waals surface area contributed by atoms with Crippen molar-refractivity contribution in [3.8, 4) is 0 Å². The fourth-order valence-corrected chi connectivity index (χ4v) is 1.91. The van der Waals surface area contributed by atoms with Crippen LogP contribution in [-0.4, -0.2) is 36.6 Å². The fraction of sp³-hybridized carbons (Fsp3) is 0.273. The van der Waals surface area contributed by atoms with Crippen molar-refractivity contribution in [3.63, 3.8) is 0 Å². The van der Waals surface area contributed by atoms with Crippen LogP contribution < -0.4 is 5.32 Å². The molecule has 1 atom stereocenters. The molecule has 1 heterocycles. The molecule has 1 aliphatic heterocycles. The lowest BCUT2D eigenvalue weighted by atomic mass is 10.2. The summed E-state index contributed by atoms with van der Waals surface area (Å²) < 4.78 is 4.76. The second-order valence-corrected chi connectivity index (χ2v) is 4.58. The van der Waals surface area contributed by atoms with Crippen molar-refractivity contribution < 1.29 is 14.3 Å². The van der Waals surface area contributed by atoms with Crippen LogP contribution in [0.3, 0.4) is 0 Å². The number of likely N-dealkylation sites (N-methyl/N-ethyl adjacent to an activating group) is 1. The van der Waals surface area contributed by atoms with Gasteiger partial charge in [0.1, 0.15) is 12.6 Å². The van der Waals surface area contributed by atoms with E-state index < -0.39 is 12.1 Å². The van der Waals surface area contributed by atoms with Gasteiger partial charge in [0.25, 0.3) is 5.91 Å². The van der Waals surface area contributed by atoms with Gasteiger partial charge >= 0.3 is 6.09 Å². The average molecular weight is 289 g/mol. The molecule has 18 heavy (non-hydrogen) atoms. The molecule has 1 unspecified atom stereocenters. The number of halogens is 2. The van der Waals surface area contributed by atoms with Crippen LogP contribution in [0.4, 0.5) is 10.5 Å². The summed E-state index contributed by atoms with van der Waals surface area (Å²) in [6, 6.07) is 4.26. The van der Waals surface area contributed by atoms with Gasteiger partial charge in [0.2, 0.25) is 0 Å². The third-order valence-electron chi connectivity index (χ3n) is 2.63. The van der Waals surface area contributed by atoms with E-state index in [1.165, 1.54) is 11.9 Å². The molecule has 1 fully saturated rings. The molecule has 7 heteroatoms. The number of benzene rings is 1. The number of anilines is 1. The second kappa shape index (κ2) is 5.04. The van der Waals surface area contributed by atoms with E-state index in [4.69, 9.17) is 27.9 Å². The molecule has 0 saturated carbocycles. The number of carbonyl (C=O) groups excluding carboxylic acids is 2. The fourth-order valence-electron chi connectivity index (χ4n) is 1.56. The third kappa shape index (κ3) is 2.37. The summed E-state index contributed by atoms with van der Waals surface area (Å²) in [6.07, 6.45) is -0.521. The maximum Gasteiger partial charge on any atom is 0.410 e. The Balaban J connectivity index is 2.12. The van der Waals surface area contributed by atoms with Gasteiger partial charge in [0.05, 0.1) is 15.7 Å². The van der Waals surface area contributed by atoms with Crippen LogP contribution in [0.25, 0.3) is 0 Å². The molecule has 0 bridgehead atoms. The molecule has 1 aliphatic rings. The van der Waals surface area contributed by atoms with Crippen molar-refractivity contribution in [2.45, 2.75) is 6.04 Å². The number of rotatable bonds is 2. The van der Waals surface area contributed by atoms with E-state index in [0.717, 1.165) is 0 Å². The highest BCUT2D eigenvalue weighted by molar-refractivity contribution is 6.44. The molecule has 96 valence electrons. The van der Waals surface area contributed by atoms with Gasteiger partial charge in [0, 0.05) is 7.05 Å². The summed E-state index contributed by atoms with van der Waals surface area (Å²) >= 11 is 11.8. The van der Waals surface area contributed by atoms with E-state index in [1.54, 1.807) is 18.2 Å². The minimum absolute atomic E-state index is 0.0271. The Morgan fingerprint density at radius 3 is 2.83 bits per heavy atom. The van der Waals surface area contributed by atoms with Crippen LogP contribution in [0, 0.1) is 0 Å². The number of amides is 2. The van der Waals surface area contributed by atoms with Gasteiger partial charge in [0.15, 0.2) is 0 Å². The van der Waals surface area contributed by atoms with Crippen LogP contribution in [-0.2, 0) is 9.53 Å². The molecule has 1 aromatic carbocycles. The number of hydrogen-bond acceptors (Lipinski definition) is 3. The van der Waals surface area contributed by atoms with Gasteiger partial charge in [-0.2, -0.15) is 0 Å². The van der Waals surface area contributed by atoms with Gasteiger partial charge in [-0.3, -0.25) is 9.69 Å². The van der Waals surface area contributed by atoms with E-state index in [-0.39, 0.29) is 17.5 Å². The van der Waals surface area contributed by atoms with Gasteiger partial charge in [-0.15, -0.1) is 0 Å². The van der Waals surface area contributed by atoms with Crippen LogP contribution in [0.15, 0.2) is 18.2 Å². The number of nitrogens with zero attached hydrogens (tertiary/aromatic N) is 1.